The average Bonchev–Trinajstić information content (AvgIpc) is 2.58. The number of nitrogens with zero attached hydrogens (tertiary/aromatic N) is 1. The van der Waals surface area contributed by atoms with E-state index in [-0.39, 0.29) is 6.10 Å². The van der Waals surface area contributed by atoms with Gasteiger partial charge in [-0.2, -0.15) is 5.10 Å². The third kappa shape index (κ3) is 5.49. The van der Waals surface area contributed by atoms with Crippen molar-refractivity contribution in [3.05, 3.63) is 52.0 Å². The largest absolute Gasteiger partial charge is 0.493 e. The summed E-state index contributed by atoms with van der Waals surface area (Å²) in [5.74, 6) is 1.21. The monoisotopic (exact) mass is 419 g/mol. The van der Waals surface area contributed by atoms with Crippen LogP contribution >= 0.6 is 15.9 Å². The molecule has 0 aliphatic carbocycles. The molecule has 0 aromatic heterocycles. The van der Waals surface area contributed by atoms with Crippen LogP contribution in [0.3, 0.4) is 0 Å². The van der Waals surface area contributed by atoms with Crippen molar-refractivity contribution in [1.82, 2.24) is 5.43 Å². The third-order valence-corrected chi connectivity index (χ3v) is 3.97. The quantitative estimate of drug-likeness (QED) is 0.525. The Morgan fingerprint density at radius 1 is 1.27 bits per heavy atom. The van der Waals surface area contributed by atoms with Crippen molar-refractivity contribution in [3.8, 4) is 11.5 Å². The van der Waals surface area contributed by atoms with Crippen LogP contribution in [0.5, 0.6) is 11.5 Å². The Bertz CT molecular complexity index is 807. The Morgan fingerprint density at radius 2 is 2.00 bits per heavy atom. The molecule has 0 unspecified atom stereocenters. The Balaban J connectivity index is 2.04. The zero-order valence-electron chi connectivity index (χ0n) is 15.2. The number of anilines is 1. The molecule has 0 atom stereocenters. The fraction of sp³-hybridized carbons (Fsp3) is 0.263. The zero-order valence-corrected chi connectivity index (χ0v) is 16.8. The Morgan fingerprint density at radius 3 is 2.65 bits per heavy atom. The van der Waals surface area contributed by atoms with Crippen LogP contribution in [0.15, 0.2) is 46.0 Å². The molecule has 6 nitrogen and oxygen atoms in total. The number of amides is 2. The Kier molecular flexibility index (Phi) is 7.03. The summed E-state index contributed by atoms with van der Waals surface area (Å²) in [5.41, 5.74) is 4.90. The van der Waals surface area contributed by atoms with Gasteiger partial charge in [0.2, 0.25) is 0 Å². The highest BCUT2D eigenvalue weighted by molar-refractivity contribution is 9.10. The molecule has 0 heterocycles. The van der Waals surface area contributed by atoms with E-state index in [9.17, 15) is 4.79 Å². The number of urea groups is 1. The summed E-state index contributed by atoms with van der Waals surface area (Å²) < 4.78 is 11.9. The first-order chi connectivity index (χ1) is 12.4. The number of hydrogen-bond donors (Lipinski definition) is 2. The van der Waals surface area contributed by atoms with Crippen LogP contribution in [0.2, 0.25) is 0 Å². The van der Waals surface area contributed by atoms with Gasteiger partial charge in [-0.3, -0.25) is 0 Å². The van der Waals surface area contributed by atoms with Gasteiger partial charge in [0.15, 0.2) is 11.5 Å². The fourth-order valence-electron chi connectivity index (χ4n) is 2.19. The van der Waals surface area contributed by atoms with Crippen molar-refractivity contribution in [2.75, 3.05) is 12.4 Å². The standard InChI is InChI=1S/C19H22BrN3O3/c1-12(2)26-18-15(20)9-14(10-17(18)25-4)11-21-23-19(24)22-16-8-6-5-7-13(16)3/h5-12H,1-4H3,(H2,22,23,24). The number of hydrazone groups is 1. The molecule has 0 saturated heterocycles. The summed E-state index contributed by atoms with van der Waals surface area (Å²) in [4.78, 5) is 11.9. The average molecular weight is 420 g/mol. The van der Waals surface area contributed by atoms with Crippen molar-refractivity contribution in [2.24, 2.45) is 5.10 Å². The van der Waals surface area contributed by atoms with E-state index in [4.69, 9.17) is 9.47 Å². The van der Waals surface area contributed by atoms with Gasteiger partial charge in [-0.25, -0.2) is 10.2 Å². The minimum atomic E-state index is -0.415. The number of ether oxygens (including phenoxy) is 2. The molecule has 0 aliphatic heterocycles. The summed E-state index contributed by atoms with van der Waals surface area (Å²) in [5, 5.41) is 6.71. The minimum absolute atomic E-state index is 0.0199. The van der Waals surface area contributed by atoms with E-state index >= 15 is 0 Å². The maximum absolute atomic E-state index is 11.9. The number of aryl methyl sites for hydroxylation is 1. The molecule has 0 radical (unpaired) electrons. The maximum Gasteiger partial charge on any atom is 0.339 e. The number of nitrogens with one attached hydrogen (secondary N) is 2. The van der Waals surface area contributed by atoms with Crippen LogP contribution in [0.25, 0.3) is 0 Å². The van der Waals surface area contributed by atoms with Gasteiger partial charge in [-0.05, 0) is 66.0 Å². The number of carbonyl (C=O) groups excluding carboxylic acids is 1. The molecule has 0 fully saturated rings. The number of methoxy groups -OCH3 is 1. The lowest BCUT2D eigenvalue weighted by atomic mass is 10.2. The van der Waals surface area contributed by atoms with Crippen LogP contribution in [-0.4, -0.2) is 25.5 Å². The molecule has 2 N–H and O–H groups in total. The van der Waals surface area contributed by atoms with E-state index in [1.165, 1.54) is 6.21 Å². The molecule has 2 aromatic carbocycles. The summed E-state index contributed by atoms with van der Waals surface area (Å²) in [6.07, 6.45) is 1.55. The topological polar surface area (TPSA) is 72.0 Å². The summed E-state index contributed by atoms with van der Waals surface area (Å²) in [6, 6.07) is 10.7. The molecule has 2 rings (SSSR count). The normalized spacial score (nSPS) is 10.8. The van der Waals surface area contributed by atoms with Crippen LogP contribution in [0.1, 0.15) is 25.0 Å². The first-order valence-corrected chi connectivity index (χ1v) is 8.90. The Labute approximate surface area is 161 Å². The fourth-order valence-corrected chi connectivity index (χ4v) is 2.75. The van der Waals surface area contributed by atoms with Gasteiger partial charge in [0.25, 0.3) is 0 Å². The van der Waals surface area contributed by atoms with Crippen LogP contribution < -0.4 is 20.2 Å². The van der Waals surface area contributed by atoms with E-state index < -0.39 is 6.03 Å². The molecule has 2 amide bonds. The number of rotatable bonds is 6. The molecule has 0 spiro atoms. The van der Waals surface area contributed by atoms with Gasteiger partial charge in [-0.15, -0.1) is 0 Å². The van der Waals surface area contributed by atoms with Crippen LogP contribution in [0, 0.1) is 6.92 Å². The predicted octanol–water partition coefficient (Wildman–Crippen LogP) is 4.71. The minimum Gasteiger partial charge on any atom is -0.493 e. The third-order valence-electron chi connectivity index (χ3n) is 3.38. The first-order valence-electron chi connectivity index (χ1n) is 8.10. The lowest BCUT2D eigenvalue weighted by Gasteiger charge is -2.15. The second kappa shape index (κ2) is 9.24. The van der Waals surface area contributed by atoms with Gasteiger partial charge in [-0.1, -0.05) is 18.2 Å². The number of carbonyl (C=O) groups is 1. The van der Waals surface area contributed by atoms with E-state index in [2.05, 4.69) is 31.8 Å². The van der Waals surface area contributed by atoms with Crippen molar-refractivity contribution in [3.63, 3.8) is 0 Å². The molecule has 0 saturated carbocycles. The second-order valence-corrected chi connectivity index (χ2v) is 6.69. The number of benzene rings is 2. The van der Waals surface area contributed by atoms with Crippen molar-refractivity contribution in [2.45, 2.75) is 26.9 Å². The van der Waals surface area contributed by atoms with E-state index in [0.717, 1.165) is 21.3 Å². The van der Waals surface area contributed by atoms with Gasteiger partial charge in [0.05, 0.1) is 23.9 Å². The van der Waals surface area contributed by atoms with E-state index in [1.807, 2.05) is 51.1 Å². The molecule has 0 bridgehead atoms. The zero-order chi connectivity index (χ0) is 19.1. The lowest BCUT2D eigenvalue weighted by Crippen LogP contribution is -2.24. The summed E-state index contributed by atoms with van der Waals surface area (Å²) >= 11 is 3.47. The maximum atomic E-state index is 11.9. The molecule has 2 aromatic rings. The van der Waals surface area contributed by atoms with Crippen LogP contribution in [0.4, 0.5) is 10.5 Å². The molecule has 0 aliphatic rings. The smallest absolute Gasteiger partial charge is 0.339 e. The summed E-state index contributed by atoms with van der Waals surface area (Å²) in [6.45, 7) is 5.81. The van der Waals surface area contributed by atoms with Crippen molar-refractivity contribution in [1.29, 1.82) is 0 Å². The number of para-hydroxylation sites is 1. The summed E-state index contributed by atoms with van der Waals surface area (Å²) in [7, 11) is 1.57. The second-order valence-electron chi connectivity index (χ2n) is 5.84. The lowest BCUT2D eigenvalue weighted by molar-refractivity contribution is 0.228. The van der Waals surface area contributed by atoms with Crippen molar-refractivity contribution < 1.29 is 14.3 Å². The first kappa shape index (κ1) is 19.8. The highest BCUT2D eigenvalue weighted by atomic mass is 79.9. The molecular formula is C19H22BrN3O3. The highest BCUT2D eigenvalue weighted by Gasteiger charge is 2.12. The number of hydrogen-bond acceptors (Lipinski definition) is 4. The van der Waals surface area contributed by atoms with E-state index in [0.29, 0.717) is 11.5 Å². The van der Waals surface area contributed by atoms with Crippen LogP contribution in [-0.2, 0) is 0 Å². The molecule has 26 heavy (non-hydrogen) atoms. The van der Waals surface area contributed by atoms with Crippen molar-refractivity contribution >= 4 is 33.9 Å². The van der Waals surface area contributed by atoms with E-state index in [1.54, 1.807) is 13.2 Å². The molecular weight excluding hydrogens is 398 g/mol. The van der Waals surface area contributed by atoms with Gasteiger partial charge < -0.3 is 14.8 Å². The number of halogens is 1. The predicted molar refractivity (Wildman–Crippen MR) is 107 cm³/mol. The van der Waals surface area contributed by atoms with Gasteiger partial charge >= 0.3 is 6.03 Å². The van der Waals surface area contributed by atoms with Gasteiger partial charge in [0.1, 0.15) is 0 Å². The Hall–Kier alpha value is -2.54. The molecule has 7 heteroatoms. The van der Waals surface area contributed by atoms with Gasteiger partial charge in [0, 0.05) is 5.69 Å². The highest BCUT2D eigenvalue weighted by Crippen LogP contribution is 2.36. The molecule has 138 valence electrons. The SMILES string of the molecule is COc1cc(C=NNC(=O)Nc2ccccc2C)cc(Br)c1OC(C)C.